The third-order valence-electron chi connectivity index (χ3n) is 5.91. The molecule has 0 atom stereocenters. The monoisotopic (exact) mass is 478 g/mol. The van der Waals surface area contributed by atoms with Crippen molar-refractivity contribution in [3.05, 3.63) is 70.1 Å². The number of nitrogens with one attached hydrogen (secondary N) is 1. The largest absolute Gasteiger partial charge is 0.495 e. The number of carbonyl (C=O) groups is 1. The lowest BCUT2D eigenvalue weighted by Crippen LogP contribution is -2.15. The van der Waals surface area contributed by atoms with Crippen molar-refractivity contribution in [2.75, 3.05) is 19.5 Å². The van der Waals surface area contributed by atoms with Crippen LogP contribution >= 0.6 is 11.6 Å². The molecule has 2 aromatic carbocycles. The van der Waals surface area contributed by atoms with E-state index in [4.69, 9.17) is 31.2 Å². The third kappa shape index (κ3) is 4.43. The molecule has 0 aliphatic carbocycles. The predicted octanol–water partition coefficient (Wildman–Crippen LogP) is 5.56. The smallest absolute Gasteiger partial charge is 0.224 e. The Bertz CT molecular complexity index is 1370. The minimum atomic E-state index is -0.153. The molecule has 34 heavy (non-hydrogen) atoms. The van der Waals surface area contributed by atoms with Gasteiger partial charge in [0.25, 0.3) is 0 Å². The molecule has 0 bridgehead atoms. The maximum absolute atomic E-state index is 12.8. The van der Waals surface area contributed by atoms with Crippen LogP contribution in [0.2, 0.25) is 5.02 Å². The number of amides is 1. The number of methoxy groups -OCH3 is 2. The summed E-state index contributed by atoms with van der Waals surface area (Å²) < 4.78 is 12.5. The third-order valence-corrected chi connectivity index (χ3v) is 6.21. The van der Waals surface area contributed by atoms with Crippen LogP contribution in [0.4, 0.5) is 5.69 Å². The number of benzene rings is 2. The van der Waals surface area contributed by atoms with E-state index < -0.39 is 0 Å². The molecular weight excluding hydrogens is 452 g/mol. The Kier molecular flexibility index (Phi) is 6.75. The Morgan fingerprint density at radius 1 is 1.03 bits per heavy atom. The Morgan fingerprint density at radius 2 is 1.74 bits per heavy atom. The molecule has 0 fully saturated rings. The summed E-state index contributed by atoms with van der Waals surface area (Å²) in [5.41, 5.74) is 7.22. The number of fused-ring (bicyclic) bond motifs is 1. The fraction of sp³-hybridized carbons (Fsp3) is 0.269. The lowest BCUT2D eigenvalue weighted by atomic mass is 10.0. The van der Waals surface area contributed by atoms with Crippen molar-refractivity contribution in [2.45, 2.75) is 33.6 Å². The zero-order valence-electron chi connectivity index (χ0n) is 19.9. The molecule has 4 rings (SSSR count). The molecule has 176 valence electrons. The Balaban J connectivity index is 1.58. The Hall–Kier alpha value is -3.58. The maximum atomic E-state index is 12.8. The number of anilines is 1. The second kappa shape index (κ2) is 9.73. The van der Waals surface area contributed by atoms with E-state index >= 15 is 0 Å². The SMILES string of the molecule is COc1cc(OC)c(NC(=O)CCc2c(C)nc3c(-c4ccccc4)c(C)nn3c2C)cc1Cl. The average Bonchev–Trinajstić information content (AvgIpc) is 3.15. The molecule has 0 radical (unpaired) electrons. The first-order valence-corrected chi connectivity index (χ1v) is 11.3. The van der Waals surface area contributed by atoms with Gasteiger partial charge < -0.3 is 14.8 Å². The van der Waals surface area contributed by atoms with Gasteiger partial charge >= 0.3 is 0 Å². The zero-order chi connectivity index (χ0) is 24.4. The zero-order valence-corrected chi connectivity index (χ0v) is 20.7. The summed E-state index contributed by atoms with van der Waals surface area (Å²) >= 11 is 6.22. The van der Waals surface area contributed by atoms with Gasteiger partial charge in [-0.05, 0) is 44.4 Å². The van der Waals surface area contributed by atoms with Crippen molar-refractivity contribution in [1.29, 1.82) is 0 Å². The normalized spacial score (nSPS) is 11.0. The van der Waals surface area contributed by atoms with Crippen LogP contribution in [0.3, 0.4) is 0 Å². The molecular formula is C26H27ClN4O3. The van der Waals surface area contributed by atoms with Gasteiger partial charge in [0.05, 0.1) is 30.6 Å². The molecule has 0 aliphatic heterocycles. The minimum Gasteiger partial charge on any atom is -0.495 e. The number of aryl methyl sites for hydroxylation is 3. The fourth-order valence-electron chi connectivity index (χ4n) is 4.18. The standard InChI is InChI=1S/C26H27ClN4O3/c1-15-19(11-12-24(32)29-21-13-20(27)22(33-4)14-23(21)34-5)17(3)31-26(28-15)25(16(2)30-31)18-9-7-6-8-10-18/h6-10,13-14H,11-12H2,1-5H3,(H,29,32). The van der Waals surface area contributed by atoms with E-state index in [-0.39, 0.29) is 12.3 Å². The maximum Gasteiger partial charge on any atom is 0.224 e. The van der Waals surface area contributed by atoms with Gasteiger partial charge in [-0.1, -0.05) is 41.9 Å². The molecule has 0 aliphatic rings. The highest BCUT2D eigenvalue weighted by molar-refractivity contribution is 6.32. The minimum absolute atomic E-state index is 0.153. The number of carbonyl (C=O) groups excluding carboxylic acids is 1. The molecule has 2 heterocycles. The Labute approximate surface area is 203 Å². The van der Waals surface area contributed by atoms with Gasteiger partial charge in [-0.25, -0.2) is 9.50 Å². The Morgan fingerprint density at radius 3 is 2.41 bits per heavy atom. The van der Waals surface area contributed by atoms with Crippen molar-refractivity contribution >= 4 is 28.8 Å². The summed E-state index contributed by atoms with van der Waals surface area (Å²) in [7, 11) is 3.06. The van der Waals surface area contributed by atoms with Crippen LogP contribution < -0.4 is 14.8 Å². The lowest BCUT2D eigenvalue weighted by molar-refractivity contribution is -0.116. The molecule has 4 aromatic rings. The summed E-state index contributed by atoms with van der Waals surface area (Å²) in [4.78, 5) is 17.6. The summed E-state index contributed by atoms with van der Waals surface area (Å²) in [5.74, 6) is 0.803. The van der Waals surface area contributed by atoms with Crippen molar-refractivity contribution in [2.24, 2.45) is 0 Å². The van der Waals surface area contributed by atoms with E-state index in [0.717, 1.165) is 39.4 Å². The highest BCUT2D eigenvalue weighted by Gasteiger charge is 2.19. The number of rotatable bonds is 7. The van der Waals surface area contributed by atoms with Gasteiger partial charge in [-0.3, -0.25) is 4.79 Å². The first-order chi connectivity index (χ1) is 16.3. The topological polar surface area (TPSA) is 77.8 Å². The van der Waals surface area contributed by atoms with E-state index in [0.29, 0.717) is 28.6 Å². The summed E-state index contributed by atoms with van der Waals surface area (Å²) in [6.45, 7) is 5.98. The number of ether oxygens (including phenoxy) is 2. The molecule has 8 heteroatoms. The fourth-order valence-corrected chi connectivity index (χ4v) is 4.42. The molecule has 1 N–H and O–H groups in total. The second-order valence-electron chi connectivity index (χ2n) is 8.06. The van der Waals surface area contributed by atoms with Gasteiger partial charge in [0.2, 0.25) is 5.91 Å². The number of nitrogens with zero attached hydrogens (tertiary/aromatic N) is 3. The van der Waals surface area contributed by atoms with E-state index in [2.05, 4.69) is 17.4 Å². The van der Waals surface area contributed by atoms with Gasteiger partial charge in [-0.2, -0.15) is 5.10 Å². The highest BCUT2D eigenvalue weighted by atomic mass is 35.5. The van der Waals surface area contributed by atoms with Crippen LogP contribution in [0.15, 0.2) is 42.5 Å². The van der Waals surface area contributed by atoms with Crippen LogP contribution in [0.25, 0.3) is 16.8 Å². The van der Waals surface area contributed by atoms with Gasteiger partial charge in [0.15, 0.2) is 5.65 Å². The number of aromatic nitrogens is 3. The molecule has 0 spiro atoms. The van der Waals surface area contributed by atoms with E-state index in [1.165, 1.54) is 14.2 Å². The first kappa shape index (κ1) is 23.6. The van der Waals surface area contributed by atoms with E-state index in [9.17, 15) is 4.79 Å². The highest BCUT2D eigenvalue weighted by Crippen LogP contribution is 2.36. The summed E-state index contributed by atoms with van der Waals surface area (Å²) in [6, 6.07) is 13.4. The number of hydrogen-bond acceptors (Lipinski definition) is 5. The predicted molar refractivity (Wildman–Crippen MR) is 134 cm³/mol. The number of hydrogen-bond donors (Lipinski definition) is 1. The van der Waals surface area contributed by atoms with Crippen molar-refractivity contribution in [3.63, 3.8) is 0 Å². The average molecular weight is 479 g/mol. The van der Waals surface area contributed by atoms with Crippen LogP contribution in [0.5, 0.6) is 11.5 Å². The van der Waals surface area contributed by atoms with Crippen LogP contribution in [0.1, 0.15) is 29.1 Å². The summed E-state index contributed by atoms with van der Waals surface area (Å²) in [5, 5.41) is 8.02. The van der Waals surface area contributed by atoms with Crippen LogP contribution in [-0.2, 0) is 11.2 Å². The molecule has 0 unspecified atom stereocenters. The lowest BCUT2D eigenvalue weighted by Gasteiger charge is -2.14. The molecule has 7 nitrogen and oxygen atoms in total. The molecule has 0 saturated heterocycles. The van der Waals surface area contributed by atoms with Crippen LogP contribution in [0, 0.1) is 20.8 Å². The van der Waals surface area contributed by atoms with Crippen molar-refractivity contribution < 1.29 is 14.3 Å². The molecule has 0 saturated carbocycles. The second-order valence-corrected chi connectivity index (χ2v) is 8.47. The van der Waals surface area contributed by atoms with E-state index in [1.807, 2.05) is 43.5 Å². The van der Waals surface area contributed by atoms with Crippen molar-refractivity contribution in [3.8, 4) is 22.6 Å². The summed E-state index contributed by atoms with van der Waals surface area (Å²) in [6.07, 6.45) is 0.797. The number of halogens is 1. The van der Waals surface area contributed by atoms with Gasteiger partial charge in [0, 0.05) is 29.4 Å². The van der Waals surface area contributed by atoms with Crippen molar-refractivity contribution in [1.82, 2.24) is 14.6 Å². The van der Waals surface area contributed by atoms with Gasteiger partial charge in [0.1, 0.15) is 11.5 Å². The van der Waals surface area contributed by atoms with Gasteiger partial charge in [-0.15, -0.1) is 0 Å². The quantitative estimate of drug-likeness (QED) is 0.376. The molecule has 2 aromatic heterocycles. The molecule has 1 amide bonds. The first-order valence-electron chi connectivity index (χ1n) is 11.0. The van der Waals surface area contributed by atoms with Crippen LogP contribution in [-0.4, -0.2) is 34.7 Å². The van der Waals surface area contributed by atoms with E-state index in [1.54, 1.807) is 12.1 Å².